The molecule has 2 N–H and O–H groups in total. The van der Waals surface area contributed by atoms with Crippen LogP contribution in [0.25, 0.3) is 21.5 Å². The van der Waals surface area contributed by atoms with Crippen LogP contribution >= 0.6 is 0 Å². The maximum atomic E-state index is 4.21. The molecule has 4 aromatic rings. The Bertz CT molecular complexity index is 1180. The number of rotatable bonds is 7. The van der Waals surface area contributed by atoms with Gasteiger partial charge in [-0.15, -0.1) is 0 Å². The first-order chi connectivity index (χ1) is 17.8. The van der Waals surface area contributed by atoms with Crippen LogP contribution in [0, 0.1) is 0 Å². The van der Waals surface area contributed by atoms with Gasteiger partial charge in [0.1, 0.15) is 0 Å². The zero-order valence-electron chi connectivity index (χ0n) is 21.5. The highest BCUT2D eigenvalue weighted by atomic mass is 15.1. The first kappa shape index (κ1) is 23.7. The van der Waals surface area contributed by atoms with Crippen LogP contribution in [0.4, 0.5) is 0 Å². The molecule has 4 aromatic carbocycles. The van der Waals surface area contributed by atoms with Crippen molar-refractivity contribution >= 4 is 21.5 Å². The zero-order chi connectivity index (χ0) is 24.2. The lowest BCUT2D eigenvalue weighted by atomic mass is 9.86. The van der Waals surface area contributed by atoms with Crippen molar-refractivity contribution in [1.29, 1.82) is 0 Å². The van der Waals surface area contributed by atoms with Gasteiger partial charge in [-0.25, -0.2) is 0 Å². The van der Waals surface area contributed by atoms with Crippen molar-refractivity contribution in [3.63, 3.8) is 0 Å². The molecule has 2 aliphatic carbocycles. The molecule has 2 saturated carbocycles. The van der Waals surface area contributed by atoms with Crippen molar-refractivity contribution in [1.82, 2.24) is 10.6 Å². The summed E-state index contributed by atoms with van der Waals surface area (Å²) in [6.07, 6.45) is 13.3. The predicted molar refractivity (Wildman–Crippen MR) is 153 cm³/mol. The van der Waals surface area contributed by atoms with Crippen molar-refractivity contribution in [3.8, 4) is 0 Å². The molecule has 0 aliphatic heterocycles. The summed E-state index contributed by atoms with van der Waals surface area (Å²) in [7, 11) is 0. The van der Waals surface area contributed by atoms with Gasteiger partial charge in [0.2, 0.25) is 0 Å². The average molecular weight is 477 g/mol. The van der Waals surface area contributed by atoms with Crippen LogP contribution in [-0.2, 0) is 0 Å². The Kier molecular flexibility index (Phi) is 7.34. The molecule has 0 amide bonds. The van der Waals surface area contributed by atoms with Crippen LogP contribution in [0.3, 0.4) is 0 Å². The minimum Gasteiger partial charge on any atom is -0.306 e. The summed E-state index contributed by atoms with van der Waals surface area (Å²) in [4.78, 5) is 0. The van der Waals surface area contributed by atoms with Crippen LogP contribution in [-0.4, -0.2) is 12.1 Å². The lowest BCUT2D eigenvalue weighted by molar-refractivity contribution is 0.261. The van der Waals surface area contributed by atoms with E-state index in [1.807, 2.05) is 0 Å². The minimum atomic E-state index is 0.237. The number of hydrogen-bond acceptors (Lipinski definition) is 2. The molecule has 186 valence electrons. The molecule has 6 rings (SSSR count). The molecular weight excluding hydrogens is 436 g/mol. The van der Waals surface area contributed by atoms with E-state index < -0.39 is 0 Å². The molecule has 0 heterocycles. The molecule has 2 aliphatic rings. The average Bonchev–Trinajstić information content (AvgIpc) is 2.95. The van der Waals surface area contributed by atoms with E-state index in [1.54, 1.807) is 0 Å². The molecule has 0 saturated heterocycles. The van der Waals surface area contributed by atoms with Gasteiger partial charge in [0.25, 0.3) is 0 Å². The Morgan fingerprint density at radius 2 is 0.833 bits per heavy atom. The summed E-state index contributed by atoms with van der Waals surface area (Å²) >= 11 is 0. The molecule has 2 atom stereocenters. The van der Waals surface area contributed by atoms with Crippen LogP contribution in [0.1, 0.15) is 87.4 Å². The van der Waals surface area contributed by atoms with Crippen LogP contribution in [0.2, 0.25) is 0 Å². The van der Waals surface area contributed by atoms with E-state index in [-0.39, 0.29) is 12.1 Å². The smallest absolute Gasteiger partial charge is 0.0520 e. The molecule has 0 aromatic heterocycles. The molecule has 0 radical (unpaired) electrons. The fraction of sp³-hybridized carbons (Fsp3) is 0.412. The van der Waals surface area contributed by atoms with Gasteiger partial charge in [-0.3, -0.25) is 0 Å². The topological polar surface area (TPSA) is 24.1 Å². The first-order valence-electron chi connectivity index (χ1n) is 14.3. The quantitative estimate of drug-likeness (QED) is 0.279. The van der Waals surface area contributed by atoms with Gasteiger partial charge in [-0.05, 0) is 70.5 Å². The molecular formula is C34H40N2. The lowest BCUT2D eigenvalue weighted by Gasteiger charge is -2.38. The summed E-state index contributed by atoms with van der Waals surface area (Å²) in [5.74, 6) is 0. The Balaban J connectivity index is 1.43. The molecule has 0 spiro atoms. The van der Waals surface area contributed by atoms with Crippen LogP contribution in [0.5, 0.6) is 0 Å². The zero-order valence-corrected chi connectivity index (χ0v) is 21.5. The number of hydrogen-bond donors (Lipinski definition) is 2. The van der Waals surface area contributed by atoms with E-state index in [0.717, 1.165) is 0 Å². The van der Waals surface area contributed by atoms with Crippen molar-refractivity contribution in [2.45, 2.75) is 88.4 Å². The van der Waals surface area contributed by atoms with Crippen molar-refractivity contribution in [2.75, 3.05) is 0 Å². The Morgan fingerprint density at radius 1 is 0.444 bits per heavy atom. The van der Waals surface area contributed by atoms with Crippen LogP contribution < -0.4 is 10.6 Å². The molecule has 2 nitrogen and oxygen atoms in total. The van der Waals surface area contributed by atoms with Gasteiger partial charge in [0, 0.05) is 12.1 Å². The third kappa shape index (κ3) is 5.36. The van der Waals surface area contributed by atoms with Gasteiger partial charge in [-0.2, -0.15) is 0 Å². The van der Waals surface area contributed by atoms with Gasteiger partial charge in [0.05, 0.1) is 12.1 Å². The van der Waals surface area contributed by atoms with E-state index in [4.69, 9.17) is 0 Å². The Morgan fingerprint density at radius 3 is 1.25 bits per heavy atom. The Labute approximate surface area is 216 Å². The predicted octanol–water partition coefficient (Wildman–Crippen LogP) is 8.62. The number of fused-ring (bicyclic) bond motifs is 2. The monoisotopic (exact) mass is 476 g/mol. The van der Waals surface area contributed by atoms with Gasteiger partial charge < -0.3 is 10.6 Å². The largest absolute Gasteiger partial charge is 0.306 e. The lowest BCUT2D eigenvalue weighted by Crippen LogP contribution is -2.44. The molecule has 0 bridgehead atoms. The van der Waals surface area contributed by atoms with Crippen molar-refractivity contribution in [3.05, 3.63) is 96.1 Å². The van der Waals surface area contributed by atoms with Gasteiger partial charge in [-0.1, -0.05) is 111 Å². The summed E-state index contributed by atoms with van der Waals surface area (Å²) in [6, 6.07) is 33.5. The highest BCUT2D eigenvalue weighted by Gasteiger charge is 2.30. The normalized spacial score (nSPS) is 19.4. The minimum absolute atomic E-state index is 0.237. The molecule has 2 fully saturated rings. The summed E-state index contributed by atoms with van der Waals surface area (Å²) in [6.45, 7) is 0. The second-order valence-corrected chi connectivity index (χ2v) is 11.2. The number of benzene rings is 4. The second-order valence-electron chi connectivity index (χ2n) is 11.2. The SMILES string of the molecule is c1ccc2cc([C@@H](NC3CCCCC3)[C@H](NC3CCCCC3)c3ccc4ccccc4c3)ccc2c1. The molecule has 2 heteroatoms. The summed E-state index contributed by atoms with van der Waals surface area (Å²) < 4.78 is 0. The molecule has 36 heavy (non-hydrogen) atoms. The third-order valence-corrected chi connectivity index (χ3v) is 8.64. The second kappa shape index (κ2) is 11.2. The van der Waals surface area contributed by atoms with E-state index >= 15 is 0 Å². The fourth-order valence-electron chi connectivity index (χ4n) is 6.62. The maximum absolute atomic E-state index is 4.21. The Hall–Kier alpha value is -2.68. The van der Waals surface area contributed by atoms with Crippen molar-refractivity contribution < 1.29 is 0 Å². The van der Waals surface area contributed by atoms with Crippen LogP contribution in [0.15, 0.2) is 84.9 Å². The standard InChI is InChI=1S/C34H40N2/c1-3-15-31(16-4-1)35-33(29-21-19-25-11-7-9-13-27(25)23-29)34(36-32-17-5-2-6-18-32)30-22-20-26-12-8-10-14-28(26)24-30/h7-14,19-24,31-36H,1-6,15-18H2/t33-,34-/m1/s1. The van der Waals surface area contributed by atoms with E-state index in [0.29, 0.717) is 12.1 Å². The van der Waals surface area contributed by atoms with Crippen molar-refractivity contribution in [2.24, 2.45) is 0 Å². The van der Waals surface area contributed by atoms with E-state index in [1.165, 1.54) is 96.9 Å². The highest BCUT2D eigenvalue weighted by Crippen LogP contribution is 2.36. The fourth-order valence-corrected chi connectivity index (χ4v) is 6.62. The highest BCUT2D eigenvalue weighted by molar-refractivity contribution is 5.84. The third-order valence-electron chi connectivity index (χ3n) is 8.64. The maximum Gasteiger partial charge on any atom is 0.0520 e. The van der Waals surface area contributed by atoms with E-state index in [2.05, 4.69) is 95.6 Å². The number of nitrogens with one attached hydrogen (secondary N) is 2. The molecule has 0 unspecified atom stereocenters. The van der Waals surface area contributed by atoms with Gasteiger partial charge >= 0.3 is 0 Å². The summed E-state index contributed by atoms with van der Waals surface area (Å²) in [5, 5.41) is 13.7. The summed E-state index contributed by atoms with van der Waals surface area (Å²) in [5.41, 5.74) is 2.81. The van der Waals surface area contributed by atoms with Gasteiger partial charge in [0.15, 0.2) is 0 Å². The van der Waals surface area contributed by atoms with E-state index in [9.17, 15) is 0 Å². The first-order valence-corrected chi connectivity index (χ1v) is 14.3.